The molecule has 1 N–H and O–H groups in total. The normalized spacial score (nSPS) is 13.0. The molecule has 0 fully saturated rings. The molecule has 3 heteroatoms. The molecule has 0 amide bonds. The number of halogens is 2. The van der Waals surface area contributed by atoms with Crippen molar-refractivity contribution in [3.05, 3.63) is 33.3 Å². The molecule has 66 valence electrons. The lowest BCUT2D eigenvalue weighted by atomic mass is 10.1. The second-order valence-corrected chi connectivity index (χ2v) is 4.06. The van der Waals surface area contributed by atoms with E-state index in [1.807, 2.05) is 18.2 Å². The Hall–Kier alpha value is -0.0500. The third-order valence-corrected chi connectivity index (χ3v) is 2.75. The van der Waals surface area contributed by atoms with Crippen LogP contribution in [-0.4, -0.2) is 11.2 Å². The third-order valence-electron chi connectivity index (χ3n) is 1.52. The molecule has 0 unspecified atom stereocenters. The van der Waals surface area contributed by atoms with Gasteiger partial charge in [-0.2, -0.15) is 0 Å². The Bertz CT molecular complexity index is 273. The van der Waals surface area contributed by atoms with Gasteiger partial charge < -0.3 is 5.11 Å². The van der Waals surface area contributed by atoms with Crippen molar-refractivity contribution >= 4 is 27.5 Å². The van der Waals surface area contributed by atoms with E-state index in [0.717, 1.165) is 10.0 Å². The molecule has 0 spiro atoms. The molecule has 0 aliphatic heterocycles. The van der Waals surface area contributed by atoms with E-state index in [1.165, 1.54) is 0 Å². The van der Waals surface area contributed by atoms with Gasteiger partial charge in [-0.05, 0) is 47.0 Å². The molecule has 0 aliphatic rings. The van der Waals surface area contributed by atoms with Crippen molar-refractivity contribution in [1.29, 1.82) is 0 Å². The molecular formula is C9H10BrClO. The van der Waals surface area contributed by atoms with Crippen LogP contribution in [0.3, 0.4) is 0 Å². The summed E-state index contributed by atoms with van der Waals surface area (Å²) in [5.74, 6) is 0. The highest BCUT2D eigenvalue weighted by molar-refractivity contribution is 9.10. The van der Waals surface area contributed by atoms with Crippen LogP contribution >= 0.6 is 27.5 Å². The van der Waals surface area contributed by atoms with Crippen LogP contribution in [0.25, 0.3) is 0 Å². The summed E-state index contributed by atoms with van der Waals surface area (Å²) in [6, 6.07) is 5.70. The molecule has 12 heavy (non-hydrogen) atoms. The summed E-state index contributed by atoms with van der Waals surface area (Å²) in [4.78, 5) is 0. The summed E-state index contributed by atoms with van der Waals surface area (Å²) in [6.45, 7) is 1.76. The smallest absolute Gasteiger partial charge is 0.0552 e. The lowest BCUT2D eigenvalue weighted by Crippen LogP contribution is -2.03. The number of benzene rings is 1. The highest BCUT2D eigenvalue weighted by atomic mass is 79.9. The van der Waals surface area contributed by atoms with Crippen LogP contribution in [0.4, 0.5) is 0 Å². The van der Waals surface area contributed by atoms with Gasteiger partial charge in [-0.3, -0.25) is 0 Å². The summed E-state index contributed by atoms with van der Waals surface area (Å²) in [7, 11) is 0. The molecular weight excluding hydrogens is 239 g/mol. The number of aliphatic hydroxyl groups excluding tert-OH is 1. The van der Waals surface area contributed by atoms with Crippen LogP contribution in [0, 0.1) is 0 Å². The van der Waals surface area contributed by atoms with E-state index in [1.54, 1.807) is 6.92 Å². The summed E-state index contributed by atoms with van der Waals surface area (Å²) < 4.78 is 0.888. The Kier molecular flexibility index (Phi) is 3.56. The Labute approximate surface area is 85.5 Å². The monoisotopic (exact) mass is 248 g/mol. The van der Waals surface area contributed by atoms with Crippen LogP contribution in [0.2, 0.25) is 5.02 Å². The van der Waals surface area contributed by atoms with Crippen molar-refractivity contribution in [2.75, 3.05) is 0 Å². The van der Waals surface area contributed by atoms with Crippen molar-refractivity contribution in [1.82, 2.24) is 0 Å². The van der Waals surface area contributed by atoms with Gasteiger partial charge in [-0.25, -0.2) is 0 Å². The topological polar surface area (TPSA) is 20.2 Å². The molecule has 1 aromatic rings. The minimum absolute atomic E-state index is 0.317. The number of aliphatic hydroxyl groups is 1. The maximum absolute atomic E-state index is 9.11. The van der Waals surface area contributed by atoms with E-state index in [9.17, 15) is 0 Å². The first-order chi connectivity index (χ1) is 5.59. The summed E-state index contributed by atoms with van der Waals surface area (Å²) >= 11 is 9.17. The minimum Gasteiger partial charge on any atom is -0.393 e. The molecule has 1 nitrogen and oxygen atoms in total. The molecule has 0 aliphatic carbocycles. The molecule has 0 radical (unpaired) electrons. The zero-order valence-electron chi connectivity index (χ0n) is 6.72. The quantitative estimate of drug-likeness (QED) is 0.854. The SMILES string of the molecule is C[C@@H](O)Cc1ccc(Br)c(Cl)c1. The maximum Gasteiger partial charge on any atom is 0.0552 e. The van der Waals surface area contributed by atoms with Crippen molar-refractivity contribution in [2.24, 2.45) is 0 Å². The Morgan fingerprint density at radius 1 is 1.58 bits per heavy atom. The van der Waals surface area contributed by atoms with E-state index in [4.69, 9.17) is 16.7 Å². The van der Waals surface area contributed by atoms with Crippen LogP contribution < -0.4 is 0 Å². The van der Waals surface area contributed by atoms with Crippen LogP contribution in [-0.2, 0) is 6.42 Å². The van der Waals surface area contributed by atoms with Gasteiger partial charge in [0.05, 0.1) is 11.1 Å². The van der Waals surface area contributed by atoms with Crippen molar-refractivity contribution in [3.63, 3.8) is 0 Å². The van der Waals surface area contributed by atoms with Gasteiger partial charge in [0, 0.05) is 4.47 Å². The lowest BCUT2D eigenvalue weighted by Gasteiger charge is -2.04. The standard InChI is InChI=1S/C9H10BrClO/c1-6(12)4-7-2-3-8(10)9(11)5-7/h2-3,5-6,12H,4H2,1H3/t6-/m1/s1. The van der Waals surface area contributed by atoms with Crippen LogP contribution in [0.5, 0.6) is 0 Å². The highest BCUT2D eigenvalue weighted by Gasteiger charge is 2.01. The fourth-order valence-electron chi connectivity index (χ4n) is 1.01. The molecule has 0 heterocycles. The predicted octanol–water partition coefficient (Wildman–Crippen LogP) is 3.03. The number of hydrogen-bond donors (Lipinski definition) is 1. The second kappa shape index (κ2) is 4.26. The first-order valence-corrected chi connectivity index (χ1v) is 4.88. The van der Waals surface area contributed by atoms with Gasteiger partial charge in [0.15, 0.2) is 0 Å². The molecule has 0 saturated carbocycles. The van der Waals surface area contributed by atoms with Gasteiger partial charge in [-0.15, -0.1) is 0 Å². The van der Waals surface area contributed by atoms with Crippen molar-refractivity contribution in [2.45, 2.75) is 19.4 Å². The van der Waals surface area contributed by atoms with Crippen LogP contribution in [0.15, 0.2) is 22.7 Å². The van der Waals surface area contributed by atoms with E-state index in [-0.39, 0.29) is 6.10 Å². The average Bonchev–Trinajstić information content (AvgIpc) is 1.96. The average molecular weight is 250 g/mol. The van der Waals surface area contributed by atoms with Gasteiger partial charge in [0.2, 0.25) is 0 Å². The maximum atomic E-state index is 9.11. The summed E-state index contributed by atoms with van der Waals surface area (Å²) in [6.07, 6.45) is 0.328. The van der Waals surface area contributed by atoms with E-state index < -0.39 is 0 Å². The Morgan fingerprint density at radius 3 is 2.75 bits per heavy atom. The van der Waals surface area contributed by atoms with Gasteiger partial charge in [0.1, 0.15) is 0 Å². The minimum atomic E-state index is -0.317. The molecule has 1 atom stereocenters. The lowest BCUT2D eigenvalue weighted by molar-refractivity contribution is 0.195. The van der Waals surface area contributed by atoms with Crippen molar-refractivity contribution < 1.29 is 5.11 Å². The molecule has 1 rings (SSSR count). The predicted molar refractivity (Wildman–Crippen MR) is 54.5 cm³/mol. The van der Waals surface area contributed by atoms with Gasteiger partial charge in [0.25, 0.3) is 0 Å². The highest BCUT2D eigenvalue weighted by Crippen LogP contribution is 2.23. The second-order valence-electron chi connectivity index (χ2n) is 2.80. The zero-order chi connectivity index (χ0) is 9.14. The molecule has 1 aromatic carbocycles. The fraction of sp³-hybridized carbons (Fsp3) is 0.333. The zero-order valence-corrected chi connectivity index (χ0v) is 9.06. The first-order valence-electron chi connectivity index (χ1n) is 3.71. The van der Waals surface area contributed by atoms with E-state index in [2.05, 4.69) is 15.9 Å². The number of rotatable bonds is 2. The number of hydrogen-bond acceptors (Lipinski definition) is 1. The summed E-state index contributed by atoms with van der Waals surface area (Å²) in [5.41, 5.74) is 1.05. The Balaban J connectivity index is 2.82. The first kappa shape index (κ1) is 10.0. The molecule has 0 aromatic heterocycles. The molecule has 0 bridgehead atoms. The third kappa shape index (κ3) is 2.77. The van der Waals surface area contributed by atoms with E-state index in [0.29, 0.717) is 11.4 Å². The van der Waals surface area contributed by atoms with Crippen LogP contribution in [0.1, 0.15) is 12.5 Å². The fourth-order valence-corrected chi connectivity index (χ4v) is 1.46. The van der Waals surface area contributed by atoms with E-state index >= 15 is 0 Å². The molecule has 0 saturated heterocycles. The van der Waals surface area contributed by atoms with Crippen molar-refractivity contribution in [3.8, 4) is 0 Å². The van der Waals surface area contributed by atoms with Gasteiger partial charge in [-0.1, -0.05) is 17.7 Å². The largest absolute Gasteiger partial charge is 0.393 e. The van der Waals surface area contributed by atoms with Gasteiger partial charge >= 0.3 is 0 Å². The summed E-state index contributed by atoms with van der Waals surface area (Å²) in [5, 5.41) is 9.80. The Morgan fingerprint density at radius 2 is 2.25 bits per heavy atom.